The molecule has 1 fully saturated rings. The summed E-state index contributed by atoms with van der Waals surface area (Å²) >= 11 is 0. The summed E-state index contributed by atoms with van der Waals surface area (Å²) in [6.07, 6.45) is 3.60. The van der Waals surface area contributed by atoms with Gasteiger partial charge in [-0.05, 0) is 46.5 Å². The second-order valence-corrected chi connectivity index (χ2v) is 12.2. The molecule has 0 unspecified atom stereocenters. The second kappa shape index (κ2) is 11.2. The van der Waals surface area contributed by atoms with Gasteiger partial charge in [0.1, 0.15) is 5.54 Å². The summed E-state index contributed by atoms with van der Waals surface area (Å²) in [7, 11) is 0. The zero-order valence-electron chi connectivity index (χ0n) is 25.9. The van der Waals surface area contributed by atoms with E-state index in [0.717, 1.165) is 44.4 Å². The van der Waals surface area contributed by atoms with Crippen molar-refractivity contribution in [2.75, 3.05) is 6.54 Å². The lowest BCUT2D eigenvalue weighted by Crippen LogP contribution is -2.38. The Balaban J connectivity index is 1.30. The molecule has 1 aliphatic heterocycles. The molecular formula is C41H30N6O. The number of hydrogen-bond acceptors (Lipinski definition) is 4. The van der Waals surface area contributed by atoms with Crippen LogP contribution in [0.4, 0.5) is 0 Å². The highest BCUT2D eigenvalue weighted by Crippen LogP contribution is 2.44. The van der Waals surface area contributed by atoms with Crippen LogP contribution in [0, 0.1) is 0 Å². The highest BCUT2D eigenvalue weighted by Gasteiger charge is 2.42. The minimum absolute atomic E-state index is 0.0554. The summed E-state index contributed by atoms with van der Waals surface area (Å²) < 4.78 is 2.25. The Bertz CT molecular complexity index is 2290. The summed E-state index contributed by atoms with van der Waals surface area (Å²) in [4.78, 5) is 29.4. The lowest BCUT2D eigenvalue weighted by atomic mass is 9.77. The van der Waals surface area contributed by atoms with Crippen molar-refractivity contribution in [2.45, 2.75) is 11.6 Å². The molecule has 1 atom stereocenters. The molecule has 1 amide bonds. The van der Waals surface area contributed by atoms with Crippen molar-refractivity contribution in [3.8, 4) is 11.3 Å². The van der Waals surface area contributed by atoms with E-state index in [1.165, 1.54) is 0 Å². The van der Waals surface area contributed by atoms with Crippen LogP contribution in [-0.4, -0.2) is 42.1 Å². The number of benzene rings is 5. The van der Waals surface area contributed by atoms with Crippen LogP contribution >= 0.6 is 0 Å². The Morgan fingerprint density at radius 1 is 0.667 bits per heavy atom. The van der Waals surface area contributed by atoms with E-state index >= 15 is 0 Å². The van der Waals surface area contributed by atoms with E-state index < -0.39 is 5.54 Å². The SMILES string of the molecule is O=C(c1nc2cc3c(-c4ccncc4)[nH]n(C(c4ccccc4)(c4ccccc4)c4ccccc4)c3cc2n1)N1C[C@@H]1c1ccccc1. The minimum atomic E-state index is -0.789. The Morgan fingerprint density at radius 2 is 1.19 bits per heavy atom. The molecule has 9 rings (SSSR count). The maximum atomic E-state index is 13.6. The van der Waals surface area contributed by atoms with Crippen molar-refractivity contribution >= 4 is 27.8 Å². The lowest BCUT2D eigenvalue weighted by Gasteiger charge is -2.37. The number of carbonyl (C=O) groups is 1. The molecule has 1 saturated heterocycles. The molecule has 230 valence electrons. The molecule has 48 heavy (non-hydrogen) atoms. The summed E-state index contributed by atoms with van der Waals surface area (Å²) in [6, 6.07) is 50.0. The molecule has 0 radical (unpaired) electrons. The molecule has 4 heterocycles. The number of amides is 1. The predicted octanol–water partition coefficient (Wildman–Crippen LogP) is 8.01. The third kappa shape index (κ3) is 4.43. The van der Waals surface area contributed by atoms with Crippen molar-refractivity contribution in [2.24, 2.45) is 0 Å². The minimum Gasteiger partial charge on any atom is -0.325 e. The number of nitrogens with zero attached hydrogens (tertiary/aromatic N) is 5. The summed E-state index contributed by atoms with van der Waals surface area (Å²) in [5.74, 6) is 0.0678. The highest BCUT2D eigenvalue weighted by atomic mass is 16.2. The van der Waals surface area contributed by atoms with Gasteiger partial charge in [0, 0.05) is 29.9 Å². The van der Waals surface area contributed by atoms with Crippen LogP contribution in [0.3, 0.4) is 0 Å². The first-order chi connectivity index (χ1) is 23.7. The van der Waals surface area contributed by atoms with Gasteiger partial charge in [-0.15, -0.1) is 0 Å². The van der Waals surface area contributed by atoms with Crippen molar-refractivity contribution in [3.63, 3.8) is 0 Å². The van der Waals surface area contributed by atoms with Gasteiger partial charge in [-0.3, -0.25) is 19.6 Å². The average molecular weight is 623 g/mol. The topological polar surface area (TPSA) is 79.5 Å². The third-order valence-electron chi connectivity index (χ3n) is 9.41. The Hall–Kier alpha value is -6.34. The van der Waals surface area contributed by atoms with Gasteiger partial charge < -0.3 is 4.90 Å². The van der Waals surface area contributed by atoms with Crippen LogP contribution in [0.1, 0.15) is 38.9 Å². The fourth-order valence-electron chi connectivity index (χ4n) is 7.09. The monoisotopic (exact) mass is 622 g/mol. The number of fused-ring (bicyclic) bond motifs is 2. The second-order valence-electron chi connectivity index (χ2n) is 12.2. The van der Waals surface area contributed by atoms with Gasteiger partial charge >= 0.3 is 0 Å². The molecule has 7 nitrogen and oxygen atoms in total. The number of rotatable bonds is 7. The summed E-state index contributed by atoms with van der Waals surface area (Å²) in [5, 5.41) is 4.82. The van der Waals surface area contributed by atoms with E-state index in [-0.39, 0.29) is 17.8 Å². The van der Waals surface area contributed by atoms with Gasteiger partial charge in [0.05, 0.1) is 28.3 Å². The Morgan fingerprint density at radius 3 is 1.75 bits per heavy atom. The van der Waals surface area contributed by atoms with E-state index in [2.05, 4.69) is 112 Å². The first-order valence-electron chi connectivity index (χ1n) is 16.1. The normalized spacial score (nSPS) is 14.4. The maximum Gasteiger partial charge on any atom is 0.292 e. The van der Waals surface area contributed by atoms with Crippen molar-refractivity contribution in [3.05, 3.63) is 186 Å². The predicted molar refractivity (Wildman–Crippen MR) is 187 cm³/mol. The lowest BCUT2D eigenvalue weighted by molar-refractivity contribution is 0.0864. The number of aromatic nitrogens is 5. The molecule has 3 aromatic heterocycles. The average Bonchev–Trinajstić information content (AvgIpc) is 3.73. The van der Waals surface area contributed by atoms with Crippen molar-refractivity contribution in [1.82, 2.24) is 29.6 Å². The molecule has 7 heteroatoms. The third-order valence-corrected chi connectivity index (χ3v) is 9.41. The van der Waals surface area contributed by atoms with Gasteiger partial charge in [0.25, 0.3) is 5.91 Å². The molecule has 0 saturated carbocycles. The largest absolute Gasteiger partial charge is 0.325 e. The van der Waals surface area contributed by atoms with Crippen molar-refractivity contribution in [1.29, 1.82) is 0 Å². The van der Waals surface area contributed by atoms with Crippen LogP contribution < -0.4 is 0 Å². The van der Waals surface area contributed by atoms with Crippen LogP contribution in [0.15, 0.2) is 158 Å². The fourth-order valence-corrected chi connectivity index (χ4v) is 7.09. The quantitative estimate of drug-likeness (QED) is 0.144. The number of aromatic amines is 1. The van der Waals surface area contributed by atoms with Gasteiger partial charge in [0.2, 0.25) is 5.82 Å². The number of pyridine rings is 1. The number of hydrogen-bond donors (Lipinski definition) is 1. The first-order valence-corrected chi connectivity index (χ1v) is 16.1. The standard InChI is InChI=1S/C41H30N6O/c48-40(46-27-37(46)28-13-5-1-6-14-28)39-43-34-25-33-36(26-35(34)44-39)47(45-38(33)29-21-23-42-24-22-29)41(30-15-7-2-8-16-30,31-17-9-3-10-18-31)32-19-11-4-12-20-32/h1-26,37,45H,27H2/t37-,46?/m1/s1. The Labute approximate surface area is 277 Å². The molecule has 1 aliphatic rings. The number of nitrogens with one attached hydrogen (secondary N) is 1. The van der Waals surface area contributed by atoms with Crippen LogP contribution in [0.5, 0.6) is 0 Å². The molecule has 0 bridgehead atoms. The number of H-pyrrole nitrogens is 1. The number of carbonyl (C=O) groups excluding carboxylic acids is 1. The molecular weight excluding hydrogens is 592 g/mol. The zero-order chi connectivity index (χ0) is 32.1. The smallest absolute Gasteiger partial charge is 0.292 e. The molecule has 0 spiro atoms. The fraction of sp³-hybridized carbons (Fsp3) is 0.0732. The van der Waals surface area contributed by atoms with E-state index in [4.69, 9.17) is 9.97 Å². The van der Waals surface area contributed by atoms with Crippen LogP contribution in [0.2, 0.25) is 0 Å². The van der Waals surface area contributed by atoms with E-state index in [9.17, 15) is 4.79 Å². The molecule has 5 aromatic carbocycles. The molecule has 8 aromatic rings. The molecule has 0 aliphatic carbocycles. The maximum absolute atomic E-state index is 13.6. The number of imidazole rings is 1. The van der Waals surface area contributed by atoms with Gasteiger partial charge in [-0.25, -0.2) is 9.97 Å². The van der Waals surface area contributed by atoms with Crippen LogP contribution in [0.25, 0.3) is 33.2 Å². The van der Waals surface area contributed by atoms with Gasteiger partial charge in [-0.1, -0.05) is 121 Å². The van der Waals surface area contributed by atoms with Crippen molar-refractivity contribution < 1.29 is 4.79 Å². The van der Waals surface area contributed by atoms with E-state index in [1.54, 1.807) is 12.4 Å². The first kappa shape index (κ1) is 27.9. The van der Waals surface area contributed by atoms with E-state index in [1.807, 2.05) is 53.4 Å². The summed E-state index contributed by atoms with van der Waals surface area (Å²) in [5.41, 5.74) is 7.80. The van der Waals surface area contributed by atoms with Gasteiger partial charge in [-0.2, -0.15) is 0 Å². The van der Waals surface area contributed by atoms with Gasteiger partial charge in [0.15, 0.2) is 0 Å². The Kier molecular flexibility index (Phi) is 6.50. The molecule has 1 N–H and O–H groups in total. The van der Waals surface area contributed by atoms with E-state index in [0.29, 0.717) is 17.6 Å². The highest BCUT2D eigenvalue weighted by molar-refractivity contribution is 6.03. The zero-order valence-corrected chi connectivity index (χ0v) is 25.9. The van der Waals surface area contributed by atoms with Crippen LogP contribution in [-0.2, 0) is 5.54 Å². The summed E-state index contributed by atoms with van der Waals surface area (Å²) in [6.45, 7) is 0.662.